The van der Waals surface area contributed by atoms with E-state index in [9.17, 15) is 14.4 Å². The van der Waals surface area contributed by atoms with Crippen LogP contribution in [0.3, 0.4) is 0 Å². The molecule has 1 rings (SSSR count). The second-order valence-corrected chi connectivity index (χ2v) is 5.74. The second-order valence-electron chi connectivity index (χ2n) is 4.66. The summed E-state index contributed by atoms with van der Waals surface area (Å²) in [5.41, 5.74) is 0.782. The molecule has 0 atom stereocenters. The third-order valence-electron chi connectivity index (χ3n) is 2.98. The van der Waals surface area contributed by atoms with Crippen LogP contribution in [-0.4, -0.2) is 0 Å². The fourth-order valence-corrected chi connectivity index (χ4v) is 2.43. The first-order valence-electron chi connectivity index (χ1n) is 6.82. The maximum Gasteiger partial charge on any atom is 0.127 e. The highest BCUT2D eigenvalue weighted by Crippen LogP contribution is 2.32. The van der Waals surface area contributed by atoms with Gasteiger partial charge in [0.15, 0.2) is 0 Å². The van der Waals surface area contributed by atoms with E-state index in [4.69, 9.17) is 0 Å². The van der Waals surface area contributed by atoms with Crippen LogP contribution in [-0.2, 0) is 11.0 Å². The van der Waals surface area contributed by atoms with Crippen molar-refractivity contribution < 1.29 is 18.9 Å². The number of phosphoric acid groups is 1. The van der Waals surface area contributed by atoms with Crippen molar-refractivity contribution in [1.29, 1.82) is 0 Å². The predicted octanol–water partition coefficient (Wildman–Crippen LogP) is 2.80. The van der Waals surface area contributed by atoms with E-state index in [1.54, 1.807) is 12.1 Å². The van der Waals surface area contributed by atoms with Gasteiger partial charge in [-0.1, -0.05) is 57.2 Å². The van der Waals surface area contributed by atoms with Gasteiger partial charge in [0.25, 0.3) is 0 Å². The zero-order valence-corrected chi connectivity index (χ0v) is 12.2. The lowest BCUT2D eigenvalue weighted by molar-refractivity contribution is -0.333. The van der Waals surface area contributed by atoms with Crippen molar-refractivity contribution >= 4 is 7.82 Å². The van der Waals surface area contributed by atoms with Gasteiger partial charge in [-0.15, -0.1) is 0 Å². The summed E-state index contributed by atoms with van der Waals surface area (Å²) in [5, 5.41) is 0. The van der Waals surface area contributed by atoms with E-state index in [0.29, 0.717) is 0 Å². The van der Waals surface area contributed by atoms with Crippen LogP contribution in [0.25, 0.3) is 0 Å². The van der Waals surface area contributed by atoms with Gasteiger partial charge in [-0.3, -0.25) is 0 Å². The predicted molar refractivity (Wildman–Crippen MR) is 71.8 cm³/mol. The van der Waals surface area contributed by atoms with E-state index in [0.717, 1.165) is 24.8 Å². The van der Waals surface area contributed by atoms with Crippen LogP contribution in [0.5, 0.6) is 5.75 Å². The number of rotatable bonds is 9. The summed E-state index contributed by atoms with van der Waals surface area (Å²) in [6.45, 7) is 2.18. The van der Waals surface area contributed by atoms with Gasteiger partial charge in [-0.25, -0.2) is 0 Å². The zero-order valence-electron chi connectivity index (χ0n) is 11.3. The summed E-state index contributed by atoms with van der Waals surface area (Å²) >= 11 is 0. The van der Waals surface area contributed by atoms with Crippen LogP contribution >= 0.6 is 7.82 Å². The van der Waals surface area contributed by atoms with Crippen LogP contribution in [0.1, 0.15) is 51.0 Å². The Morgan fingerprint density at radius 2 is 1.68 bits per heavy atom. The molecule has 108 valence electrons. The smallest absolute Gasteiger partial charge is 0.127 e. The number of unbranched alkanes of at least 4 members (excludes halogenated alkanes) is 5. The van der Waals surface area contributed by atoms with Crippen molar-refractivity contribution in [3.63, 3.8) is 0 Å². The molecular weight excluding hydrogens is 263 g/mol. The molecular formula is C14H21O4P-2. The highest BCUT2D eigenvalue weighted by Gasteiger charge is 2.04. The topological polar surface area (TPSA) is 72.4 Å². The van der Waals surface area contributed by atoms with Crippen molar-refractivity contribution in [3.8, 4) is 5.75 Å². The SMILES string of the molecule is CCCCCCCCc1ccccc1OP(=O)([O-])[O-]. The lowest BCUT2D eigenvalue weighted by atomic mass is 10.0. The molecule has 0 saturated carbocycles. The minimum absolute atomic E-state index is 0.171. The Kier molecular flexibility index (Phi) is 7.14. The summed E-state index contributed by atoms with van der Waals surface area (Å²) in [4.78, 5) is 21.3. The average molecular weight is 284 g/mol. The van der Waals surface area contributed by atoms with Gasteiger partial charge in [-0.05, 0) is 24.5 Å². The summed E-state index contributed by atoms with van der Waals surface area (Å²) in [6.07, 6.45) is 7.74. The van der Waals surface area contributed by atoms with Crippen molar-refractivity contribution in [2.45, 2.75) is 51.9 Å². The van der Waals surface area contributed by atoms with E-state index in [-0.39, 0.29) is 5.75 Å². The van der Waals surface area contributed by atoms with Crippen LogP contribution in [0.2, 0.25) is 0 Å². The van der Waals surface area contributed by atoms with Crippen LogP contribution in [0, 0.1) is 0 Å². The molecule has 0 N–H and O–H groups in total. The van der Waals surface area contributed by atoms with Crippen molar-refractivity contribution in [2.75, 3.05) is 0 Å². The number of phosphoric ester groups is 1. The zero-order chi connectivity index (χ0) is 14.1. The molecule has 0 aliphatic heterocycles. The molecule has 0 heterocycles. The van der Waals surface area contributed by atoms with Gasteiger partial charge < -0.3 is 18.9 Å². The quantitative estimate of drug-likeness (QED) is 0.516. The van der Waals surface area contributed by atoms with E-state index >= 15 is 0 Å². The van der Waals surface area contributed by atoms with E-state index < -0.39 is 7.82 Å². The molecule has 0 bridgehead atoms. The molecule has 0 unspecified atom stereocenters. The maximum atomic E-state index is 10.7. The summed E-state index contributed by atoms with van der Waals surface area (Å²) < 4.78 is 15.1. The van der Waals surface area contributed by atoms with E-state index in [1.807, 2.05) is 6.07 Å². The first-order valence-corrected chi connectivity index (χ1v) is 8.28. The van der Waals surface area contributed by atoms with Crippen LogP contribution in [0.15, 0.2) is 24.3 Å². The molecule has 0 spiro atoms. The third kappa shape index (κ3) is 7.36. The molecule has 1 aromatic carbocycles. The molecule has 1 aromatic rings. The van der Waals surface area contributed by atoms with E-state index in [1.165, 1.54) is 31.7 Å². The minimum Gasteiger partial charge on any atom is -0.780 e. The first kappa shape index (κ1) is 16.2. The van der Waals surface area contributed by atoms with Gasteiger partial charge in [-0.2, -0.15) is 0 Å². The molecule has 5 heteroatoms. The molecule has 19 heavy (non-hydrogen) atoms. The highest BCUT2D eigenvalue weighted by atomic mass is 31.2. The van der Waals surface area contributed by atoms with Gasteiger partial charge in [0.05, 0.1) is 0 Å². The van der Waals surface area contributed by atoms with Gasteiger partial charge >= 0.3 is 0 Å². The molecule has 0 aromatic heterocycles. The summed E-state index contributed by atoms with van der Waals surface area (Å²) in [7, 11) is -4.97. The van der Waals surface area contributed by atoms with Crippen molar-refractivity contribution in [1.82, 2.24) is 0 Å². The standard InChI is InChI=1S/C14H23O4P/c1-2-3-4-5-6-7-10-13-11-8-9-12-14(13)18-19(15,16)17/h8-9,11-12H,2-7,10H2,1H3,(H2,15,16,17)/p-2. The molecule has 0 aliphatic carbocycles. The van der Waals surface area contributed by atoms with Gasteiger partial charge in [0.1, 0.15) is 13.6 Å². The number of benzene rings is 1. The fourth-order valence-electron chi connectivity index (χ4n) is 2.02. The van der Waals surface area contributed by atoms with Gasteiger partial charge in [0.2, 0.25) is 0 Å². The molecule has 0 aliphatic rings. The molecule has 4 nitrogen and oxygen atoms in total. The Bertz CT molecular complexity index is 414. The van der Waals surface area contributed by atoms with Crippen LogP contribution < -0.4 is 14.3 Å². The number of hydrogen-bond acceptors (Lipinski definition) is 4. The fraction of sp³-hybridized carbons (Fsp3) is 0.571. The van der Waals surface area contributed by atoms with E-state index in [2.05, 4.69) is 11.4 Å². The average Bonchev–Trinajstić information content (AvgIpc) is 2.33. The van der Waals surface area contributed by atoms with Crippen molar-refractivity contribution in [2.24, 2.45) is 0 Å². The third-order valence-corrected chi connectivity index (χ3v) is 3.40. The Balaban J connectivity index is 2.42. The Labute approximate surface area is 115 Å². The second kappa shape index (κ2) is 8.36. The van der Waals surface area contributed by atoms with Gasteiger partial charge in [0, 0.05) is 0 Å². The highest BCUT2D eigenvalue weighted by molar-refractivity contribution is 7.43. The maximum absolute atomic E-state index is 10.7. The minimum atomic E-state index is -4.97. The number of hydrogen-bond donors (Lipinski definition) is 0. The monoisotopic (exact) mass is 284 g/mol. The number of aryl methyl sites for hydroxylation is 1. The summed E-state index contributed by atoms with van der Waals surface area (Å²) in [6, 6.07) is 6.81. The lowest BCUT2D eigenvalue weighted by Gasteiger charge is -2.30. The lowest BCUT2D eigenvalue weighted by Crippen LogP contribution is -2.19. The first-order chi connectivity index (χ1) is 9.03. The van der Waals surface area contributed by atoms with Crippen molar-refractivity contribution in [3.05, 3.63) is 29.8 Å². The normalized spacial score (nSPS) is 11.5. The Morgan fingerprint density at radius 3 is 2.37 bits per heavy atom. The molecule has 0 radical (unpaired) electrons. The van der Waals surface area contributed by atoms with Crippen LogP contribution in [0.4, 0.5) is 0 Å². The summed E-state index contributed by atoms with van der Waals surface area (Å²) in [5.74, 6) is 0.171. The molecule has 0 fully saturated rings. The largest absolute Gasteiger partial charge is 0.780 e. The molecule has 0 saturated heterocycles. The Morgan fingerprint density at radius 1 is 1.05 bits per heavy atom. The molecule has 0 amide bonds. The Hall–Kier alpha value is -0.830. The number of para-hydroxylation sites is 1.